The number of nitrogens with one attached hydrogen (secondary N) is 1. The highest BCUT2D eigenvalue weighted by Gasteiger charge is 2.03. The number of hydrogen-bond donors (Lipinski definition) is 2. The molecule has 7 heteroatoms. The first kappa shape index (κ1) is 14.4. The molecular weight excluding hydrogens is 258 g/mol. The first-order chi connectivity index (χ1) is 8.47. The monoisotopic (exact) mass is 271 g/mol. The molecule has 1 aromatic rings. The van der Waals surface area contributed by atoms with Gasteiger partial charge in [0.1, 0.15) is 0 Å². The lowest BCUT2D eigenvalue weighted by Gasteiger charge is -2.01. The topological polar surface area (TPSA) is 92.7 Å². The Morgan fingerprint density at radius 1 is 1.33 bits per heavy atom. The Labute approximate surface area is 105 Å². The van der Waals surface area contributed by atoms with Crippen molar-refractivity contribution in [3.8, 4) is 0 Å². The van der Waals surface area contributed by atoms with E-state index in [2.05, 4.69) is 9.50 Å². The molecule has 0 heterocycles. The molecule has 6 nitrogen and oxygen atoms in total. The van der Waals surface area contributed by atoms with Crippen LogP contribution in [0.1, 0.15) is 5.56 Å². The van der Waals surface area contributed by atoms with Crippen LogP contribution < -0.4 is 5.32 Å². The zero-order valence-electron chi connectivity index (χ0n) is 9.44. The zero-order valence-corrected chi connectivity index (χ0v) is 10.3. The average Bonchev–Trinajstić information content (AvgIpc) is 2.32. The lowest BCUT2D eigenvalue weighted by molar-refractivity contribution is -0.116. The second-order valence-electron chi connectivity index (χ2n) is 3.28. The van der Waals surface area contributed by atoms with Crippen LogP contribution in [0.4, 0.5) is 0 Å². The SMILES string of the molecule is O=C(C=Cc1ccccc1)NCCOS(=O)(=O)O. The normalized spacial score (nSPS) is 11.6. The minimum atomic E-state index is -4.45. The van der Waals surface area contributed by atoms with Gasteiger partial charge >= 0.3 is 10.4 Å². The molecule has 0 saturated carbocycles. The van der Waals surface area contributed by atoms with Crippen LogP contribution in [0, 0.1) is 0 Å². The van der Waals surface area contributed by atoms with Crippen LogP contribution in [0.2, 0.25) is 0 Å². The molecule has 0 unspecified atom stereocenters. The Balaban J connectivity index is 2.28. The van der Waals surface area contributed by atoms with E-state index in [1.54, 1.807) is 6.08 Å². The molecule has 0 saturated heterocycles. The van der Waals surface area contributed by atoms with Crippen molar-refractivity contribution in [3.05, 3.63) is 42.0 Å². The van der Waals surface area contributed by atoms with E-state index in [-0.39, 0.29) is 19.1 Å². The summed E-state index contributed by atoms with van der Waals surface area (Å²) in [6.45, 7) is -0.332. The van der Waals surface area contributed by atoms with E-state index in [0.717, 1.165) is 5.56 Å². The van der Waals surface area contributed by atoms with Gasteiger partial charge in [0.2, 0.25) is 5.91 Å². The van der Waals surface area contributed by atoms with Gasteiger partial charge in [0.15, 0.2) is 0 Å². The van der Waals surface area contributed by atoms with Gasteiger partial charge in [0.25, 0.3) is 0 Å². The molecule has 2 N–H and O–H groups in total. The van der Waals surface area contributed by atoms with Crippen LogP contribution in [0.15, 0.2) is 36.4 Å². The summed E-state index contributed by atoms with van der Waals surface area (Å²) in [4.78, 5) is 11.3. The van der Waals surface area contributed by atoms with Crippen molar-refractivity contribution in [2.24, 2.45) is 0 Å². The summed E-state index contributed by atoms with van der Waals surface area (Å²) in [5.41, 5.74) is 0.877. The van der Waals surface area contributed by atoms with Crippen molar-refractivity contribution >= 4 is 22.4 Å². The van der Waals surface area contributed by atoms with Crippen molar-refractivity contribution in [2.45, 2.75) is 0 Å². The molecule has 0 atom stereocenters. The van der Waals surface area contributed by atoms with Crippen LogP contribution in [-0.2, 0) is 19.4 Å². The van der Waals surface area contributed by atoms with Crippen molar-refractivity contribution < 1.29 is 21.9 Å². The Morgan fingerprint density at radius 3 is 2.61 bits per heavy atom. The quantitative estimate of drug-likeness (QED) is 0.450. The first-order valence-electron chi connectivity index (χ1n) is 5.10. The molecule has 0 bridgehead atoms. The van der Waals surface area contributed by atoms with Crippen LogP contribution in [0.3, 0.4) is 0 Å². The second-order valence-corrected chi connectivity index (χ2v) is 4.38. The van der Waals surface area contributed by atoms with E-state index in [1.165, 1.54) is 6.08 Å². The van der Waals surface area contributed by atoms with E-state index >= 15 is 0 Å². The van der Waals surface area contributed by atoms with E-state index in [4.69, 9.17) is 4.55 Å². The third kappa shape index (κ3) is 6.79. The van der Waals surface area contributed by atoms with Crippen molar-refractivity contribution in [2.75, 3.05) is 13.2 Å². The second kappa shape index (κ2) is 6.90. The maximum absolute atomic E-state index is 11.3. The van der Waals surface area contributed by atoms with Gasteiger partial charge in [-0.3, -0.25) is 9.35 Å². The van der Waals surface area contributed by atoms with Gasteiger partial charge in [0, 0.05) is 12.6 Å². The summed E-state index contributed by atoms with van der Waals surface area (Å²) in [6.07, 6.45) is 2.95. The summed E-state index contributed by atoms with van der Waals surface area (Å²) in [6, 6.07) is 9.23. The molecule has 98 valence electrons. The lowest BCUT2D eigenvalue weighted by Crippen LogP contribution is -2.26. The van der Waals surface area contributed by atoms with Crippen LogP contribution >= 0.6 is 0 Å². The summed E-state index contributed by atoms with van der Waals surface area (Å²) in [7, 11) is -4.45. The predicted molar refractivity (Wildman–Crippen MR) is 66.0 cm³/mol. The van der Waals surface area contributed by atoms with E-state index in [9.17, 15) is 13.2 Å². The summed E-state index contributed by atoms with van der Waals surface area (Å²) < 4.78 is 32.7. The molecule has 0 radical (unpaired) electrons. The van der Waals surface area contributed by atoms with Gasteiger partial charge in [-0.05, 0) is 11.6 Å². The largest absolute Gasteiger partial charge is 0.397 e. The zero-order chi connectivity index (χ0) is 13.4. The minimum absolute atomic E-state index is 0.0161. The summed E-state index contributed by atoms with van der Waals surface area (Å²) in [5, 5.41) is 2.40. The molecule has 0 aliphatic rings. The average molecular weight is 271 g/mol. The maximum Gasteiger partial charge on any atom is 0.397 e. The highest BCUT2D eigenvalue weighted by molar-refractivity contribution is 7.80. The Kier molecular flexibility index (Phi) is 5.50. The number of benzene rings is 1. The number of rotatable bonds is 6. The highest BCUT2D eigenvalue weighted by atomic mass is 32.3. The molecule has 0 aromatic heterocycles. The van der Waals surface area contributed by atoms with Crippen molar-refractivity contribution in [3.63, 3.8) is 0 Å². The van der Waals surface area contributed by atoms with E-state index < -0.39 is 10.4 Å². The predicted octanol–water partition coefficient (Wildman–Crippen LogP) is 0.635. The Hall–Kier alpha value is -1.70. The first-order valence-corrected chi connectivity index (χ1v) is 6.47. The van der Waals surface area contributed by atoms with Gasteiger partial charge in [-0.15, -0.1) is 0 Å². The molecule has 0 spiro atoms. The van der Waals surface area contributed by atoms with Gasteiger partial charge in [-0.1, -0.05) is 30.3 Å². The smallest absolute Gasteiger partial charge is 0.350 e. The van der Waals surface area contributed by atoms with Gasteiger partial charge < -0.3 is 5.32 Å². The van der Waals surface area contributed by atoms with Gasteiger partial charge in [-0.25, -0.2) is 4.18 Å². The number of amides is 1. The third-order valence-corrected chi connectivity index (χ3v) is 2.32. The fourth-order valence-electron chi connectivity index (χ4n) is 1.12. The number of carbonyl (C=O) groups is 1. The number of carbonyl (C=O) groups excluding carboxylic acids is 1. The van der Waals surface area contributed by atoms with Crippen molar-refractivity contribution in [1.29, 1.82) is 0 Å². The van der Waals surface area contributed by atoms with Crippen LogP contribution in [0.25, 0.3) is 6.08 Å². The highest BCUT2D eigenvalue weighted by Crippen LogP contribution is 2.00. The van der Waals surface area contributed by atoms with Gasteiger partial charge in [-0.2, -0.15) is 8.42 Å². The van der Waals surface area contributed by atoms with Crippen LogP contribution in [0.5, 0.6) is 0 Å². The fraction of sp³-hybridized carbons (Fsp3) is 0.182. The summed E-state index contributed by atoms with van der Waals surface area (Å²) >= 11 is 0. The number of hydrogen-bond acceptors (Lipinski definition) is 4. The molecule has 0 fully saturated rings. The lowest BCUT2D eigenvalue weighted by atomic mass is 10.2. The fourth-order valence-corrected chi connectivity index (χ4v) is 1.41. The Morgan fingerprint density at radius 2 is 2.00 bits per heavy atom. The maximum atomic E-state index is 11.3. The molecule has 1 amide bonds. The minimum Gasteiger partial charge on any atom is -0.350 e. The molecule has 1 aromatic carbocycles. The van der Waals surface area contributed by atoms with Crippen molar-refractivity contribution in [1.82, 2.24) is 5.32 Å². The van der Waals surface area contributed by atoms with Gasteiger partial charge in [0.05, 0.1) is 6.61 Å². The summed E-state index contributed by atoms with van der Waals surface area (Å²) in [5.74, 6) is -0.377. The third-order valence-electron chi connectivity index (χ3n) is 1.86. The molecule has 1 rings (SSSR count). The molecule has 18 heavy (non-hydrogen) atoms. The molecule has 0 aliphatic heterocycles. The standard InChI is InChI=1S/C11H13NO5S/c13-11(12-8-9-17-18(14,15)16)7-6-10-4-2-1-3-5-10/h1-7H,8-9H2,(H,12,13)(H,14,15,16). The van der Waals surface area contributed by atoms with Crippen LogP contribution in [-0.4, -0.2) is 32.0 Å². The van der Waals surface area contributed by atoms with E-state index in [1.807, 2.05) is 30.3 Å². The molecule has 0 aliphatic carbocycles. The van der Waals surface area contributed by atoms with E-state index in [0.29, 0.717) is 0 Å². The molecular formula is C11H13NO5S. The Bertz CT molecular complexity index is 509.